The summed E-state index contributed by atoms with van der Waals surface area (Å²) >= 11 is 1.93. The summed E-state index contributed by atoms with van der Waals surface area (Å²) in [6.07, 6.45) is 4.49. The lowest BCUT2D eigenvalue weighted by molar-refractivity contribution is 0.259. The number of hydrogen-bond donors (Lipinski definition) is 1. The molecule has 18 heavy (non-hydrogen) atoms. The minimum absolute atomic E-state index is 0.641. The van der Waals surface area contributed by atoms with Gasteiger partial charge < -0.3 is 10.6 Å². The molecule has 3 heteroatoms. The van der Waals surface area contributed by atoms with Gasteiger partial charge in [-0.3, -0.25) is 0 Å². The van der Waals surface area contributed by atoms with E-state index in [9.17, 15) is 0 Å². The highest BCUT2D eigenvalue weighted by Crippen LogP contribution is 2.12. The maximum atomic E-state index is 5.77. The van der Waals surface area contributed by atoms with Gasteiger partial charge in [0.1, 0.15) is 0 Å². The first kappa shape index (κ1) is 15.5. The summed E-state index contributed by atoms with van der Waals surface area (Å²) in [6.45, 7) is 4.02. The lowest BCUT2D eigenvalue weighted by Crippen LogP contribution is -2.34. The molecule has 0 amide bonds. The number of thioether (sulfide) groups is 1. The summed E-state index contributed by atoms with van der Waals surface area (Å²) in [6, 6.07) is 9.19. The van der Waals surface area contributed by atoms with Crippen molar-refractivity contribution in [3.05, 3.63) is 35.4 Å². The quantitative estimate of drug-likeness (QED) is 0.784. The molecule has 0 bridgehead atoms. The fourth-order valence-corrected chi connectivity index (χ4v) is 3.10. The van der Waals surface area contributed by atoms with Crippen LogP contribution in [0.1, 0.15) is 24.5 Å². The Hall–Kier alpha value is -0.510. The molecule has 0 aliphatic carbocycles. The van der Waals surface area contributed by atoms with Crippen LogP contribution in [-0.4, -0.2) is 36.5 Å². The summed E-state index contributed by atoms with van der Waals surface area (Å²) < 4.78 is 0. The number of benzene rings is 1. The Morgan fingerprint density at radius 3 is 2.50 bits per heavy atom. The highest BCUT2D eigenvalue weighted by atomic mass is 32.2. The molecular weight excluding hydrogens is 240 g/mol. The van der Waals surface area contributed by atoms with Crippen molar-refractivity contribution in [2.24, 2.45) is 5.73 Å². The number of likely N-dealkylation sites (N-methyl/N-ethyl adjacent to an activating group) is 1. The first-order chi connectivity index (χ1) is 8.72. The molecule has 2 N–H and O–H groups in total. The lowest BCUT2D eigenvalue weighted by atomic mass is 10.0. The summed E-state index contributed by atoms with van der Waals surface area (Å²) in [5, 5.41) is 0. The molecule has 0 fully saturated rings. The SMILES string of the molecule is CCC(CSC)N(C)CCc1ccccc1CN. The van der Waals surface area contributed by atoms with Gasteiger partial charge in [0.05, 0.1) is 0 Å². The van der Waals surface area contributed by atoms with E-state index in [0.717, 1.165) is 13.0 Å². The van der Waals surface area contributed by atoms with Crippen molar-refractivity contribution in [1.82, 2.24) is 4.90 Å². The predicted octanol–water partition coefficient (Wildman–Crippen LogP) is 2.76. The monoisotopic (exact) mass is 266 g/mol. The van der Waals surface area contributed by atoms with Crippen molar-refractivity contribution in [2.45, 2.75) is 32.4 Å². The van der Waals surface area contributed by atoms with E-state index in [0.29, 0.717) is 12.6 Å². The highest BCUT2D eigenvalue weighted by Gasteiger charge is 2.12. The average molecular weight is 266 g/mol. The maximum absolute atomic E-state index is 5.77. The number of hydrogen-bond acceptors (Lipinski definition) is 3. The smallest absolute Gasteiger partial charge is 0.0180 e. The third-order valence-corrected chi connectivity index (χ3v) is 4.24. The molecule has 0 aliphatic rings. The van der Waals surface area contributed by atoms with Gasteiger partial charge in [0.15, 0.2) is 0 Å². The zero-order chi connectivity index (χ0) is 13.4. The van der Waals surface area contributed by atoms with Crippen LogP contribution in [0.5, 0.6) is 0 Å². The van der Waals surface area contributed by atoms with Gasteiger partial charge in [-0.15, -0.1) is 0 Å². The lowest BCUT2D eigenvalue weighted by Gasteiger charge is -2.26. The van der Waals surface area contributed by atoms with Crippen LogP contribution in [0.4, 0.5) is 0 Å². The van der Waals surface area contributed by atoms with Crippen molar-refractivity contribution in [1.29, 1.82) is 0 Å². The molecule has 0 aromatic heterocycles. The van der Waals surface area contributed by atoms with Crippen LogP contribution in [0, 0.1) is 0 Å². The Labute approximate surface area is 116 Å². The largest absolute Gasteiger partial charge is 0.326 e. The molecule has 102 valence electrons. The van der Waals surface area contributed by atoms with Crippen LogP contribution < -0.4 is 5.73 Å². The van der Waals surface area contributed by atoms with E-state index in [2.05, 4.69) is 49.4 Å². The molecule has 1 aromatic carbocycles. The van der Waals surface area contributed by atoms with E-state index in [4.69, 9.17) is 5.73 Å². The molecule has 1 unspecified atom stereocenters. The van der Waals surface area contributed by atoms with Crippen molar-refractivity contribution < 1.29 is 0 Å². The minimum atomic E-state index is 0.641. The first-order valence-corrected chi connectivity index (χ1v) is 8.08. The summed E-state index contributed by atoms with van der Waals surface area (Å²) in [7, 11) is 2.23. The molecule has 1 aromatic rings. The molecule has 0 saturated heterocycles. The molecule has 0 spiro atoms. The van der Waals surface area contributed by atoms with Crippen molar-refractivity contribution in [3.63, 3.8) is 0 Å². The Kier molecular flexibility index (Phi) is 7.40. The van der Waals surface area contributed by atoms with Crippen LogP contribution in [0.3, 0.4) is 0 Å². The third kappa shape index (κ3) is 4.63. The van der Waals surface area contributed by atoms with Gasteiger partial charge in [0, 0.05) is 24.9 Å². The van der Waals surface area contributed by atoms with Gasteiger partial charge in [-0.1, -0.05) is 31.2 Å². The second kappa shape index (κ2) is 8.57. The van der Waals surface area contributed by atoms with Crippen LogP contribution >= 0.6 is 11.8 Å². The highest BCUT2D eigenvalue weighted by molar-refractivity contribution is 7.98. The van der Waals surface area contributed by atoms with E-state index >= 15 is 0 Å². The third-order valence-electron chi connectivity index (χ3n) is 3.53. The van der Waals surface area contributed by atoms with Gasteiger partial charge in [0.2, 0.25) is 0 Å². The Balaban J connectivity index is 2.53. The van der Waals surface area contributed by atoms with E-state index in [1.807, 2.05) is 11.8 Å². The Morgan fingerprint density at radius 2 is 1.94 bits per heavy atom. The minimum Gasteiger partial charge on any atom is -0.326 e. The summed E-state index contributed by atoms with van der Waals surface area (Å²) in [4.78, 5) is 2.48. The summed E-state index contributed by atoms with van der Waals surface area (Å²) in [5.41, 5.74) is 8.45. The maximum Gasteiger partial charge on any atom is 0.0180 e. The van der Waals surface area contributed by atoms with Crippen LogP contribution in [0.2, 0.25) is 0 Å². The van der Waals surface area contributed by atoms with Gasteiger partial charge in [-0.05, 0) is 37.3 Å². The fraction of sp³-hybridized carbons (Fsp3) is 0.600. The van der Waals surface area contributed by atoms with Crippen molar-refractivity contribution in [3.8, 4) is 0 Å². The molecule has 1 atom stereocenters. The number of nitrogens with two attached hydrogens (primary N) is 1. The topological polar surface area (TPSA) is 29.3 Å². The number of rotatable bonds is 8. The van der Waals surface area contributed by atoms with Crippen molar-refractivity contribution in [2.75, 3.05) is 25.6 Å². The molecule has 0 heterocycles. The number of nitrogens with zero attached hydrogens (tertiary/aromatic N) is 1. The first-order valence-electron chi connectivity index (χ1n) is 6.68. The Bertz CT molecular complexity index is 341. The second-order valence-electron chi connectivity index (χ2n) is 4.72. The molecular formula is C15H26N2S. The van der Waals surface area contributed by atoms with E-state index < -0.39 is 0 Å². The molecule has 0 aliphatic heterocycles. The van der Waals surface area contributed by atoms with Crippen molar-refractivity contribution >= 4 is 11.8 Å². The summed E-state index contributed by atoms with van der Waals surface area (Å²) in [5.74, 6) is 1.21. The van der Waals surface area contributed by atoms with E-state index in [-0.39, 0.29) is 0 Å². The standard InChI is InChI=1S/C15H26N2S/c1-4-15(12-18-3)17(2)10-9-13-7-5-6-8-14(13)11-16/h5-8,15H,4,9-12,16H2,1-3H3. The van der Waals surface area contributed by atoms with Crippen LogP contribution in [0.25, 0.3) is 0 Å². The van der Waals surface area contributed by atoms with Gasteiger partial charge in [-0.2, -0.15) is 11.8 Å². The predicted molar refractivity (Wildman–Crippen MR) is 83.1 cm³/mol. The normalized spacial score (nSPS) is 12.9. The Morgan fingerprint density at radius 1 is 1.28 bits per heavy atom. The van der Waals surface area contributed by atoms with Gasteiger partial charge in [0.25, 0.3) is 0 Å². The molecule has 2 nitrogen and oxygen atoms in total. The fourth-order valence-electron chi connectivity index (χ4n) is 2.23. The second-order valence-corrected chi connectivity index (χ2v) is 5.63. The van der Waals surface area contributed by atoms with Gasteiger partial charge in [-0.25, -0.2) is 0 Å². The molecule has 1 rings (SSSR count). The van der Waals surface area contributed by atoms with Crippen LogP contribution in [-0.2, 0) is 13.0 Å². The van der Waals surface area contributed by atoms with Crippen LogP contribution in [0.15, 0.2) is 24.3 Å². The average Bonchev–Trinajstić information content (AvgIpc) is 2.42. The molecule has 0 saturated carbocycles. The van der Waals surface area contributed by atoms with E-state index in [1.165, 1.54) is 23.3 Å². The zero-order valence-electron chi connectivity index (χ0n) is 11.9. The zero-order valence-corrected chi connectivity index (χ0v) is 12.7. The molecule has 0 radical (unpaired) electrons. The van der Waals surface area contributed by atoms with Gasteiger partial charge >= 0.3 is 0 Å². The van der Waals surface area contributed by atoms with E-state index in [1.54, 1.807) is 0 Å².